The van der Waals surface area contributed by atoms with Crippen LogP contribution >= 0.6 is 0 Å². The van der Waals surface area contributed by atoms with E-state index in [2.05, 4.69) is 25.4 Å². The van der Waals surface area contributed by atoms with Crippen LogP contribution in [0.1, 0.15) is 45.4 Å². The smallest absolute Gasteiger partial charge is 0.410 e. The van der Waals surface area contributed by atoms with Crippen LogP contribution in [0.2, 0.25) is 0 Å². The van der Waals surface area contributed by atoms with Gasteiger partial charge in [-0.25, -0.2) is 13.9 Å². The number of pyridine rings is 1. The standard InChI is InChI=1S/C25H26FN7O3/c1-25(2,3)35-24(34)32-14-10-17(11-15-32)22-28-23(36-30-22)20-21(16-8-12-27-13-9-16)33(31-29-20)19-7-5-4-6-18(19)26/h4-9,12-13,17H,10-11,14-15H2,1-3H3. The highest BCUT2D eigenvalue weighted by molar-refractivity contribution is 5.75. The quantitative estimate of drug-likeness (QED) is 0.406. The van der Waals surface area contributed by atoms with Crippen LogP contribution < -0.4 is 0 Å². The van der Waals surface area contributed by atoms with Gasteiger partial charge in [-0.15, -0.1) is 5.10 Å². The molecule has 0 bridgehead atoms. The lowest BCUT2D eigenvalue weighted by molar-refractivity contribution is 0.0203. The Morgan fingerprint density at radius 2 is 1.83 bits per heavy atom. The third-order valence-corrected chi connectivity index (χ3v) is 5.86. The van der Waals surface area contributed by atoms with Gasteiger partial charge in [0.25, 0.3) is 5.89 Å². The van der Waals surface area contributed by atoms with Crippen LogP contribution in [0.3, 0.4) is 0 Å². The molecule has 0 N–H and O–H groups in total. The summed E-state index contributed by atoms with van der Waals surface area (Å²) in [4.78, 5) is 22.7. The first-order valence-corrected chi connectivity index (χ1v) is 11.7. The molecule has 36 heavy (non-hydrogen) atoms. The number of hydrogen-bond donors (Lipinski definition) is 0. The zero-order chi connectivity index (χ0) is 25.3. The van der Waals surface area contributed by atoms with E-state index in [1.54, 1.807) is 47.6 Å². The number of para-hydroxylation sites is 1. The Kier molecular flexibility index (Phi) is 6.21. The molecule has 0 unspecified atom stereocenters. The summed E-state index contributed by atoms with van der Waals surface area (Å²) in [6.07, 6.45) is 4.31. The monoisotopic (exact) mass is 491 g/mol. The van der Waals surface area contributed by atoms with Crippen molar-refractivity contribution in [2.75, 3.05) is 13.1 Å². The molecule has 1 fully saturated rings. The molecule has 0 aliphatic carbocycles. The van der Waals surface area contributed by atoms with Crippen LogP contribution in [-0.4, -0.2) is 59.8 Å². The predicted octanol–water partition coefficient (Wildman–Crippen LogP) is 4.63. The zero-order valence-electron chi connectivity index (χ0n) is 20.3. The summed E-state index contributed by atoms with van der Waals surface area (Å²) in [5.41, 5.74) is 1.28. The summed E-state index contributed by atoms with van der Waals surface area (Å²) in [7, 11) is 0. The van der Waals surface area contributed by atoms with E-state index in [1.807, 2.05) is 20.8 Å². The normalized spacial score (nSPS) is 14.7. The maximum Gasteiger partial charge on any atom is 0.410 e. The number of aromatic nitrogens is 6. The molecular formula is C25H26FN7O3. The lowest BCUT2D eigenvalue weighted by Crippen LogP contribution is -2.41. The van der Waals surface area contributed by atoms with Gasteiger partial charge >= 0.3 is 6.09 Å². The molecule has 1 aliphatic heterocycles. The Morgan fingerprint density at radius 3 is 2.53 bits per heavy atom. The number of piperidine rings is 1. The first-order chi connectivity index (χ1) is 17.3. The highest BCUT2D eigenvalue weighted by atomic mass is 19.1. The topological polar surface area (TPSA) is 112 Å². The predicted molar refractivity (Wildman–Crippen MR) is 128 cm³/mol. The van der Waals surface area contributed by atoms with Gasteiger partial charge in [-0.05, 0) is 57.9 Å². The fourth-order valence-corrected chi connectivity index (χ4v) is 4.13. The number of benzene rings is 1. The fraction of sp³-hybridized carbons (Fsp3) is 0.360. The molecule has 186 valence electrons. The molecule has 0 radical (unpaired) electrons. The minimum Gasteiger partial charge on any atom is -0.444 e. The Hall–Kier alpha value is -4.15. The van der Waals surface area contributed by atoms with E-state index in [1.165, 1.54) is 10.7 Å². The molecule has 3 aromatic heterocycles. The average Bonchev–Trinajstić information content (AvgIpc) is 3.52. The van der Waals surface area contributed by atoms with Crippen LogP contribution in [0.15, 0.2) is 53.3 Å². The van der Waals surface area contributed by atoms with Gasteiger partial charge < -0.3 is 14.2 Å². The van der Waals surface area contributed by atoms with Crippen molar-refractivity contribution >= 4 is 6.09 Å². The van der Waals surface area contributed by atoms with Gasteiger partial charge in [-0.1, -0.05) is 22.5 Å². The molecule has 11 heteroatoms. The van der Waals surface area contributed by atoms with Crippen LogP contribution in [-0.2, 0) is 4.74 Å². The third kappa shape index (κ3) is 4.81. The summed E-state index contributed by atoms with van der Waals surface area (Å²) >= 11 is 0. The lowest BCUT2D eigenvalue weighted by atomic mass is 9.96. The van der Waals surface area contributed by atoms with Gasteiger partial charge in [0.2, 0.25) is 0 Å². The van der Waals surface area contributed by atoms with Crippen molar-refractivity contribution in [3.8, 4) is 28.5 Å². The van der Waals surface area contributed by atoms with Crippen molar-refractivity contribution in [3.05, 3.63) is 60.4 Å². The number of carbonyl (C=O) groups excluding carboxylic acids is 1. The largest absolute Gasteiger partial charge is 0.444 e. The van der Waals surface area contributed by atoms with Crippen molar-refractivity contribution < 1.29 is 18.4 Å². The second-order valence-electron chi connectivity index (χ2n) is 9.59. The molecule has 0 spiro atoms. The maximum absolute atomic E-state index is 14.6. The number of nitrogens with zero attached hydrogens (tertiary/aromatic N) is 7. The van der Waals surface area contributed by atoms with Crippen molar-refractivity contribution in [2.45, 2.75) is 45.1 Å². The number of amides is 1. The van der Waals surface area contributed by atoms with Gasteiger partial charge in [0.05, 0.1) is 0 Å². The molecule has 4 aromatic rings. The Morgan fingerprint density at radius 1 is 1.11 bits per heavy atom. The van der Waals surface area contributed by atoms with Gasteiger partial charge in [0.15, 0.2) is 11.5 Å². The average molecular weight is 492 g/mol. The molecule has 1 aliphatic rings. The number of likely N-dealkylation sites (tertiary alicyclic amines) is 1. The Bertz CT molecular complexity index is 1360. The van der Waals surface area contributed by atoms with Crippen molar-refractivity contribution in [3.63, 3.8) is 0 Å². The zero-order valence-corrected chi connectivity index (χ0v) is 20.3. The number of ether oxygens (including phenoxy) is 1. The summed E-state index contributed by atoms with van der Waals surface area (Å²) in [6.45, 7) is 6.62. The molecular weight excluding hydrogens is 465 g/mol. The van der Waals surface area contributed by atoms with Gasteiger partial charge in [-0.3, -0.25) is 4.98 Å². The van der Waals surface area contributed by atoms with Crippen LogP contribution in [0.4, 0.5) is 9.18 Å². The van der Waals surface area contributed by atoms with Crippen LogP contribution in [0.25, 0.3) is 28.5 Å². The second kappa shape index (κ2) is 9.48. The van der Waals surface area contributed by atoms with Crippen molar-refractivity contribution in [1.29, 1.82) is 0 Å². The Labute approximate surface area is 207 Å². The molecule has 1 amide bonds. The van der Waals surface area contributed by atoms with E-state index in [0.717, 1.165) is 5.56 Å². The maximum atomic E-state index is 14.6. The first kappa shape index (κ1) is 23.6. The van der Waals surface area contributed by atoms with Gasteiger partial charge in [0.1, 0.15) is 22.8 Å². The number of carbonyl (C=O) groups is 1. The third-order valence-electron chi connectivity index (χ3n) is 5.86. The summed E-state index contributed by atoms with van der Waals surface area (Å²) < 4.78 is 27.1. The summed E-state index contributed by atoms with van der Waals surface area (Å²) in [5.74, 6) is 0.309. The van der Waals surface area contributed by atoms with Crippen LogP contribution in [0.5, 0.6) is 0 Å². The number of halogens is 1. The van der Waals surface area contributed by atoms with Crippen LogP contribution in [0, 0.1) is 5.82 Å². The van der Waals surface area contributed by atoms with Crippen molar-refractivity contribution in [2.24, 2.45) is 0 Å². The molecule has 0 atom stereocenters. The van der Waals surface area contributed by atoms with E-state index in [4.69, 9.17) is 9.26 Å². The van der Waals surface area contributed by atoms with Gasteiger partial charge in [0, 0.05) is 37.0 Å². The van der Waals surface area contributed by atoms with E-state index in [0.29, 0.717) is 43.1 Å². The molecule has 5 rings (SSSR count). The van der Waals surface area contributed by atoms with E-state index in [9.17, 15) is 9.18 Å². The fourth-order valence-electron chi connectivity index (χ4n) is 4.13. The molecule has 0 saturated carbocycles. The first-order valence-electron chi connectivity index (χ1n) is 11.7. The highest BCUT2D eigenvalue weighted by Crippen LogP contribution is 2.34. The molecule has 10 nitrogen and oxygen atoms in total. The van der Waals surface area contributed by atoms with E-state index in [-0.39, 0.29) is 23.6 Å². The summed E-state index contributed by atoms with van der Waals surface area (Å²) in [6, 6.07) is 9.88. The second-order valence-corrected chi connectivity index (χ2v) is 9.59. The van der Waals surface area contributed by atoms with E-state index >= 15 is 0 Å². The minimum atomic E-state index is -0.539. The minimum absolute atomic E-state index is 0.0205. The number of rotatable bonds is 4. The van der Waals surface area contributed by atoms with Crippen molar-refractivity contribution in [1.82, 2.24) is 35.0 Å². The van der Waals surface area contributed by atoms with Gasteiger partial charge in [-0.2, -0.15) is 4.98 Å². The summed E-state index contributed by atoms with van der Waals surface area (Å²) in [5, 5.41) is 12.7. The van der Waals surface area contributed by atoms with E-state index < -0.39 is 11.4 Å². The highest BCUT2D eigenvalue weighted by Gasteiger charge is 2.31. The molecule has 1 saturated heterocycles. The molecule has 1 aromatic carbocycles. The number of hydrogen-bond acceptors (Lipinski definition) is 8. The lowest BCUT2D eigenvalue weighted by Gasteiger charge is -2.32. The Balaban J connectivity index is 1.41. The SMILES string of the molecule is CC(C)(C)OC(=O)N1CCC(c2noc(-c3nnn(-c4ccccc4F)c3-c3ccncc3)n2)CC1. The molecule has 4 heterocycles.